The van der Waals surface area contributed by atoms with Crippen molar-refractivity contribution >= 4 is 40.3 Å². The molecule has 22 heavy (non-hydrogen) atoms. The highest BCUT2D eigenvalue weighted by molar-refractivity contribution is 8.26. The number of thioether (sulfide) groups is 1. The third kappa shape index (κ3) is 3.29. The van der Waals surface area contributed by atoms with Crippen molar-refractivity contribution in [3.63, 3.8) is 0 Å². The van der Waals surface area contributed by atoms with Crippen molar-refractivity contribution in [2.75, 3.05) is 0 Å². The molecule has 1 fully saturated rings. The van der Waals surface area contributed by atoms with Gasteiger partial charge in [-0.1, -0.05) is 84.1 Å². The minimum absolute atomic E-state index is 0.0136. The first kappa shape index (κ1) is 15.0. The molecule has 4 heteroatoms. The van der Waals surface area contributed by atoms with Crippen LogP contribution in [0.1, 0.15) is 16.7 Å². The van der Waals surface area contributed by atoms with Crippen LogP contribution in [0.3, 0.4) is 0 Å². The lowest BCUT2D eigenvalue weighted by molar-refractivity contribution is -0.122. The van der Waals surface area contributed by atoms with Gasteiger partial charge in [-0.3, -0.25) is 9.69 Å². The van der Waals surface area contributed by atoms with Gasteiger partial charge in [0.25, 0.3) is 5.91 Å². The van der Waals surface area contributed by atoms with E-state index in [1.54, 1.807) is 4.90 Å². The Kier molecular flexibility index (Phi) is 4.41. The van der Waals surface area contributed by atoms with Crippen molar-refractivity contribution in [2.45, 2.75) is 13.5 Å². The van der Waals surface area contributed by atoms with Gasteiger partial charge in [-0.2, -0.15) is 0 Å². The number of rotatable bonds is 3. The Morgan fingerprint density at radius 1 is 1.14 bits per heavy atom. The number of aryl methyl sites for hydroxylation is 1. The second-order valence-electron chi connectivity index (χ2n) is 5.17. The molecule has 0 radical (unpaired) electrons. The maximum Gasteiger partial charge on any atom is 0.266 e. The van der Waals surface area contributed by atoms with Gasteiger partial charge in [-0.25, -0.2) is 0 Å². The lowest BCUT2D eigenvalue weighted by atomic mass is 10.1. The van der Waals surface area contributed by atoms with Gasteiger partial charge in [0.1, 0.15) is 4.32 Å². The van der Waals surface area contributed by atoms with E-state index in [0.29, 0.717) is 15.8 Å². The Bertz CT molecular complexity index is 753. The van der Waals surface area contributed by atoms with Crippen LogP contribution in [0, 0.1) is 6.92 Å². The first-order valence-corrected chi connectivity index (χ1v) is 8.22. The van der Waals surface area contributed by atoms with Crippen LogP contribution in [0.5, 0.6) is 0 Å². The largest absolute Gasteiger partial charge is 0.288 e. The number of carbonyl (C=O) groups excluding carboxylic acids is 1. The first-order valence-electron chi connectivity index (χ1n) is 6.99. The molecule has 2 aromatic rings. The van der Waals surface area contributed by atoms with E-state index in [0.717, 1.165) is 11.1 Å². The van der Waals surface area contributed by atoms with Gasteiger partial charge in [-0.05, 0) is 24.1 Å². The predicted molar refractivity (Wildman–Crippen MR) is 96.3 cm³/mol. The van der Waals surface area contributed by atoms with Crippen LogP contribution >= 0.6 is 24.0 Å². The zero-order valence-electron chi connectivity index (χ0n) is 12.2. The molecule has 3 rings (SSSR count). The van der Waals surface area contributed by atoms with Gasteiger partial charge in [0.2, 0.25) is 0 Å². The highest BCUT2D eigenvalue weighted by Crippen LogP contribution is 2.33. The highest BCUT2D eigenvalue weighted by Gasteiger charge is 2.31. The number of benzene rings is 2. The van der Waals surface area contributed by atoms with Crippen molar-refractivity contribution in [2.24, 2.45) is 0 Å². The molecule has 0 saturated carbocycles. The SMILES string of the molecule is Cc1cccc(C=C2SC(=S)N(Cc3ccccc3)C2=O)c1. The summed E-state index contributed by atoms with van der Waals surface area (Å²) in [7, 11) is 0. The van der Waals surface area contributed by atoms with E-state index in [1.165, 1.54) is 17.3 Å². The van der Waals surface area contributed by atoms with E-state index >= 15 is 0 Å². The van der Waals surface area contributed by atoms with E-state index in [-0.39, 0.29) is 5.91 Å². The van der Waals surface area contributed by atoms with Gasteiger partial charge >= 0.3 is 0 Å². The van der Waals surface area contributed by atoms with Crippen molar-refractivity contribution in [1.29, 1.82) is 0 Å². The molecule has 0 aliphatic carbocycles. The summed E-state index contributed by atoms with van der Waals surface area (Å²) in [5.74, 6) is -0.0136. The number of amides is 1. The van der Waals surface area contributed by atoms with Crippen LogP contribution in [0.2, 0.25) is 0 Å². The number of hydrogen-bond donors (Lipinski definition) is 0. The van der Waals surface area contributed by atoms with Gasteiger partial charge in [0.05, 0.1) is 11.4 Å². The van der Waals surface area contributed by atoms with Crippen LogP contribution in [-0.2, 0) is 11.3 Å². The minimum Gasteiger partial charge on any atom is -0.288 e. The average molecular weight is 325 g/mol. The van der Waals surface area contributed by atoms with E-state index in [9.17, 15) is 4.79 Å². The summed E-state index contributed by atoms with van der Waals surface area (Å²) in [6, 6.07) is 18.0. The van der Waals surface area contributed by atoms with E-state index in [2.05, 4.69) is 6.07 Å². The number of hydrogen-bond acceptors (Lipinski definition) is 3. The fourth-order valence-electron chi connectivity index (χ4n) is 2.31. The molecule has 2 aromatic carbocycles. The number of nitrogens with zero attached hydrogens (tertiary/aromatic N) is 1. The standard InChI is InChI=1S/C18H15NOS2/c1-13-6-5-9-15(10-13)11-16-17(20)19(18(21)22-16)12-14-7-3-2-4-8-14/h2-11H,12H2,1H3. The Morgan fingerprint density at radius 2 is 1.91 bits per heavy atom. The van der Waals surface area contributed by atoms with E-state index in [1.807, 2.05) is 61.5 Å². The molecular formula is C18H15NOS2. The molecule has 0 bridgehead atoms. The molecule has 0 N–H and O–H groups in total. The van der Waals surface area contributed by atoms with E-state index < -0.39 is 0 Å². The first-order chi connectivity index (χ1) is 10.6. The highest BCUT2D eigenvalue weighted by atomic mass is 32.2. The van der Waals surface area contributed by atoms with Crippen molar-refractivity contribution in [3.8, 4) is 0 Å². The van der Waals surface area contributed by atoms with Crippen LogP contribution in [0.4, 0.5) is 0 Å². The van der Waals surface area contributed by atoms with Crippen molar-refractivity contribution in [3.05, 3.63) is 76.2 Å². The Morgan fingerprint density at radius 3 is 2.64 bits per heavy atom. The molecule has 1 saturated heterocycles. The summed E-state index contributed by atoms with van der Waals surface area (Å²) in [6.07, 6.45) is 1.91. The van der Waals surface area contributed by atoms with Crippen molar-refractivity contribution in [1.82, 2.24) is 4.90 Å². The zero-order valence-corrected chi connectivity index (χ0v) is 13.8. The summed E-state index contributed by atoms with van der Waals surface area (Å²) in [5, 5.41) is 0. The fourth-order valence-corrected chi connectivity index (χ4v) is 3.57. The van der Waals surface area contributed by atoms with E-state index in [4.69, 9.17) is 12.2 Å². The third-order valence-electron chi connectivity index (χ3n) is 3.40. The smallest absolute Gasteiger partial charge is 0.266 e. The Hall–Kier alpha value is -1.91. The summed E-state index contributed by atoms with van der Waals surface area (Å²) in [4.78, 5) is 14.9. The minimum atomic E-state index is -0.0136. The van der Waals surface area contributed by atoms with Gasteiger partial charge in [-0.15, -0.1) is 0 Å². The summed E-state index contributed by atoms with van der Waals surface area (Å²) < 4.78 is 0.618. The van der Waals surface area contributed by atoms with Crippen LogP contribution in [0.25, 0.3) is 6.08 Å². The summed E-state index contributed by atoms with van der Waals surface area (Å²) in [6.45, 7) is 2.56. The topological polar surface area (TPSA) is 20.3 Å². The number of carbonyl (C=O) groups is 1. The Balaban J connectivity index is 1.82. The van der Waals surface area contributed by atoms with Crippen LogP contribution < -0.4 is 0 Å². The lowest BCUT2D eigenvalue weighted by Gasteiger charge is -2.14. The second-order valence-corrected chi connectivity index (χ2v) is 6.84. The van der Waals surface area contributed by atoms with Crippen molar-refractivity contribution < 1.29 is 4.79 Å². The van der Waals surface area contributed by atoms with Crippen LogP contribution in [0.15, 0.2) is 59.5 Å². The molecule has 1 aliphatic heterocycles. The lowest BCUT2D eigenvalue weighted by Crippen LogP contribution is -2.27. The van der Waals surface area contributed by atoms with Gasteiger partial charge < -0.3 is 0 Å². The average Bonchev–Trinajstić information content (AvgIpc) is 2.76. The maximum absolute atomic E-state index is 12.6. The zero-order chi connectivity index (χ0) is 15.5. The Labute approximate surface area is 139 Å². The number of thiocarbonyl (C=S) groups is 1. The molecule has 0 spiro atoms. The second kappa shape index (κ2) is 6.46. The maximum atomic E-state index is 12.6. The normalized spacial score (nSPS) is 16.6. The van der Waals surface area contributed by atoms with Gasteiger partial charge in [0, 0.05) is 0 Å². The molecule has 1 amide bonds. The quantitative estimate of drug-likeness (QED) is 0.616. The monoisotopic (exact) mass is 325 g/mol. The molecule has 0 atom stereocenters. The molecular weight excluding hydrogens is 310 g/mol. The summed E-state index contributed by atoms with van der Waals surface area (Å²) >= 11 is 6.73. The molecule has 0 aromatic heterocycles. The summed E-state index contributed by atoms with van der Waals surface area (Å²) in [5.41, 5.74) is 3.28. The predicted octanol–water partition coefficient (Wildman–Crippen LogP) is 4.40. The third-order valence-corrected chi connectivity index (χ3v) is 4.77. The fraction of sp³-hybridized carbons (Fsp3) is 0.111. The molecule has 1 aliphatic rings. The molecule has 2 nitrogen and oxygen atoms in total. The van der Waals surface area contributed by atoms with Gasteiger partial charge in [0.15, 0.2) is 0 Å². The molecule has 1 heterocycles. The van der Waals surface area contributed by atoms with Crippen LogP contribution in [-0.4, -0.2) is 15.1 Å². The molecule has 110 valence electrons. The molecule has 0 unspecified atom stereocenters.